The molecule has 3 N–H and O–H groups in total. The molecular formula is C13H26ClN3O2. The average Bonchev–Trinajstić information content (AvgIpc) is 2.89. The van der Waals surface area contributed by atoms with Gasteiger partial charge in [0.05, 0.1) is 0 Å². The van der Waals surface area contributed by atoms with Crippen molar-refractivity contribution in [2.75, 3.05) is 13.6 Å². The van der Waals surface area contributed by atoms with Crippen LogP contribution in [-0.2, 0) is 9.59 Å². The van der Waals surface area contributed by atoms with Gasteiger partial charge in [-0.15, -0.1) is 12.4 Å². The zero-order valence-corrected chi connectivity index (χ0v) is 12.8. The standard InChI is InChI=1S/C13H25N3O2.ClH/c1-9(14-3)8-15-12(17)10(2)16-13(18)11-6-4-5-7-11;/h9-11,14H,4-8H2,1-3H3,(H,15,17)(H,16,18);1H. The molecule has 1 saturated carbocycles. The molecule has 6 heteroatoms. The lowest BCUT2D eigenvalue weighted by Crippen LogP contribution is -2.48. The van der Waals surface area contributed by atoms with Gasteiger partial charge >= 0.3 is 0 Å². The Morgan fingerprint density at radius 2 is 1.79 bits per heavy atom. The molecule has 0 aromatic rings. The van der Waals surface area contributed by atoms with Crippen molar-refractivity contribution in [2.24, 2.45) is 5.92 Å². The molecule has 112 valence electrons. The molecule has 0 bridgehead atoms. The molecule has 2 unspecified atom stereocenters. The molecule has 0 aromatic heterocycles. The van der Waals surface area contributed by atoms with Crippen molar-refractivity contribution in [1.82, 2.24) is 16.0 Å². The first kappa shape index (κ1) is 18.2. The molecule has 0 radical (unpaired) electrons. The number of hydrogen-bond donors (Lipinski definition) is 3. The van der Waals surface area contributed by atoms with Crippen LogP contribution < -0.4 is 16.0 Å². The van der Waals surface area contributed by atoms with Gasteiger partial charge in [-0.25, -0.2) is 0 Å². The summed E-state index contributed by atoms with van der Waals surface area (Å²) in [6.07, 6.45) is 4.16. The fraction of sp³-hybridized carbons (Fsp3) is 0.846. The second kappa shape index (κ2) is 9.15. The minimum atomic E-state index is -0.456. The molecule has 1 fully saturated rings. The Bertz CT molecular complexity index is 294. The summed E-state index contributed by atoms with van der Waals surface area (Å²) >= 11 is 0. The minimum Gasteiger partial charge on any atom is -0.353 e. The largest absolute Gasteiger partial charge is 0.353 e. The van der Waals surface area contributed by atoms with Gasteiger partial charge in [-0.1, -0.05) is 12.8 Å². The van der Waals surface area contributed by atoms with E-state index in [4.69, 9.17) is 0 Å². The summed E-state index contributed by atoms with van der Waals surface area (Å²) in [5, 5.41) is 8.65. The molecule has 1 aliphatic carbocycles. The Hall–Kier alpha value is -0.810. The van der Waals surface area contributed by atoms with Gasteiger partial charge < -0.3 is 16.0 Å². The van der Waals surface area contributed by atoms with E-state index >= 15 is 0 Å². The van der Waals surface area contributed by atoms with Crippen LogP contribution in [0, 0.1) is 5.92 Å². The van der Waals surface area contributed by atoms with E-state index in [0.29, 0.717) is 6.54 Å². The Morgan fingerprint density at radius 1 is 1.21 bits per heavy atom. The third-order valence-electron chi connectivity index (χ3n) is 3.55. The van der Waals surface area contributed by atoms with E-state index in [-0.39, 0.29) is 36.2 Å². The highest BCUT2D eigenvalue weighted by Crippen LogP contribution is 2.24. The number of nitrogens with one attached hydrogen (secondary N) is 3. The molecule has 2 atom stereocenters. The van der Waals surface area contributed by atoms with E-state index in [1.807, 2.05) is 14.0 Å². The first-order valence-electron chi connectivity index (χ1n) is 6.80. The molecular weight excluding hydrogens is 266 g/mol. The summed E-state index contributed by atoms with van der Waals surface area (Å²) in [5.41, 5.74) is 0. The molecule has 0 saturated heterocycles. The predicted molar refractivity (Wildman–Crippen MR) is 78.3 cm³/mol. The third-order valence-corrected chi connectivity index (χ3v) is 3.55. The summed E-state index contributed by atoms with van der Waals surface area (Å²) in [5.74, 6) is 0.0109. The van der Waals surface area contributed by atoms with Crippen molar-refractivity contribution in [2.45, 2.75) is 51.6 Å². The number of amides is 2. The van der Waals surface area contributed by atoms with Gasteiger partial charge in [0.25, 0.3) is 0 Å². The SMILES string of the molecule is CNC(C)CNC(=O)C(C)NC(=O)C1CCCC1.Cl. The highest BCUT2D eigenvalue weighted by molar-refractivity contribution is 5.88. The molecule has 1 rings (SSSR count). The maximum absolute atomic E-state index is 11.9. The van der Waals surface area contributed by atoms with Crippen LogP contribution in [0.5, 0.6) is 0 Å². The van der Waals surface area contributed by atoms with Crippen molar-refractivity contribution in [3.05, 3.63) is 0 Å². The Labute approximate surface area is 121 Å². The smallest absolute Gasteiger partial charge is 0.242 e. The zero-order valence-electron chi connectivity index (χ0n) is 12.0. The Balaban J connectivity index is 0.00000324. The van der Waals surface area contributed by atoms with Crippen LogP contribution in [0.1, 0.15) is 39.5 Å². The van der Waals surface area contributed by atoms with Gasteiger partial charge in [0.15, 0.2) is 0 Å². The third kappa shape index (κ3) is 6.25. The number of rotatable bonds is 6. The second-order valence-electron chi connectivity index (χ2n) is 5.15. The van der Waals surface area contributed by atoms with E-state index in [1.54, 1.807) is 6.92 Å². The highest BCUT2D eigenvalue weighted by atomic mass is 35.5. The van der Waals surface area contributed by atoms with E-state index in [0.717, 1.165) is 25.7 Å². The van der Waals surface area contributed by atoms with E-state index < -0.39 is 6.04 Å². The molecule has 0 aromatic carbocycles. The fourth-order valence-electron chi connectivity index (χ4n) is 2.09. The fourth-order valence-corrected chi connectivity index (χ4v) is 2.09. The van der Waals surface area contributed by atoms with Crippen LogP contribution in [0.2, 0.25) is 0 Å². The average molecular weight is 292 g/mol. The first-order chi connectivity index (χ1) is 8.54. The van der Waals surface area contributed by atoms with Crippen molar-refractivity contribution in [3.8, 4) is 0 Å². The quantitative estimate of drug-likeness (QED) is 0.679. The van der Waals surface area contributed by atoms with Gasteiger partial charge in [0, 0.05) is 18.5 Å². The summed E-state index contributed by atoms with van der Waals surface area (Å²) in [7, 11) is 1.85. The van der Waals surface area contributed by atoms with Crippen LogP contribution in [-0.4, -0.2) is 37.5 Å². The number of carbonyl (C=O) groups is 2. The summed E-state index contributed by atoms with van der Waals surface area (Å²) in [6, 6.07) is -0.228. The van der Waals surface area contributed by atoms with Gasteiger partial charge in [-0.3, -0.25) is 9.59 Å². The lowest BCUT2D eigenvalue weighted by atomic mass is 10.1. The van der Waals surface area contributed by atoms with Crippen molar-refractivity contribution in [1.29, 1.82) is 0 Å². The zero-order chi connectivity index (χ0) is 13.5. The Kier molecular flexibility index (Phi) is 8.76. The second-order valence-corrected chi connectivity index (χ2v) is 5.15. The normalized spacial score (nSPS) is 18.3. The lowest BCUT2D eigenvalue weighted by molar-refractivity contribution is -0.130. The summed E-state index contributed by atoms with van der Waals surface area (Å²) in [4.78, 5) is 23.6. The minimum absolute atomic E-state index is 0. The van der Waals surface area contributed by atoms with Crippen molar-refractivity contribution < 1.29 is 9.59 Å². The van der Waals surface area contributed by atoms with Crippen molar-refractivity contribution in [3.63, 3.8) is 0 Å². The van der Waals surface area contributed by atoms with Crippen LogP contribution in [0.3, 0.4) is 0 Å². The maximum atomic E-state index is 11.9. The monoisotopic (exact) mass is 291 g/mol. The Morgan fingerprint density at radius 3 is 2.32 bits per heavy atom. The summed E-state index contributed by atoms with van der Waals surface area (Å²) in [6.45, 7) is 4.28. The molecule has 0 spiro atoms. The molecule has 1 aliphatic rings. The summed E-state index contributed by atoms with van der Waals surface area (Å²) < 4.78 is 0. The van der Waals surface area contributed by atoms with E-state index in [9.17, 15) is 9.59 Å². The van der Waals surface area contributed by atoms with Crippen LogP contribution >= 0.6 is 12.4 Å². The van der Waals surface area contributed by atoms with Crippen molar-refractivity contribution >= 4 is 24.2 Å². The molecule has 19 heavy (non-hydrogen) atoms. The van der Waals surface area contributed by atoms with E-state index in [1.165, 1.54) is 0 Å². The molecule has 0 aliphatic heterocycles. The molecule has 2 amide bonds. The number of halogens is 1. The number of likely N-dealkylation sites (N-methyl/N-ethyl adjacent to an activating group) is 1. The van der Waals surface area contributed by atoms with Gasteiger partial charge in [-0.05, 0) is 33.7 Å². The topological polar surface area (TPSA) is 70.2 Å². The van der Waals surface area contributed by atoms with Crippen LogP contribution in [0.15, 0.2) is 0 Å². The molecule has 0 heterocycles. The first-order valence-corrected chi connectivity index (χ1v) is 6.80. The van der Waals surface area contributed by atoms with Gasteiger partial charge in [-0.2, -0.15) is 0 Å². The maximum Gasteiger partial charge on any atom is 0.242 e. The van der Waals surface area contributed by atoms with Crippen LogP contribution in [0.25, 0.3) is 0 Å². The van der Waals surface area contributed by atoms with Crippen LogP contribution in [0.4, 0.5) is 0 Å². The van der Waals surface area contributed by atoms with Gasteiger partial charge in [0.2, 0.25) is 11.8 Å². The van der Waals surface area contributed by atoms with Gasteiger partial charge in [0.1, 0.15) is 6.04 Å². The highest BCUT2D eigenvalue weighted by Gasteiger charge is 2.25. The number of carbonyl (C=O) groups excluding carboxylic acids is 2. The lowest BCUT2D eigenvalue weighted by Gasteiger charge is -2.18. The molecule has 5 nitrogen and oxygen atoms in total. The predicted octanol–water partition coefficient (Wildman–Crippen LogP) is 0.827. The van der Waals surface area contributed by atoms with E-state index in [2.05, 4.69) is 16.0 Å². The number of hydrogen-bond acceptors (Lipinski definition) is 3.